The molecule has 100 valence electrons. The van der Waals surface area contributed by atoms with Crippen molar-refractivity contribution in [3.8, 4) is 6.07 Å². The molecule has 4 nitrogen and oxygen atoms in total. The number of nitrogens with one attached hydrogen (secondary N) is 1. The molecule has 19 heavy (non-hydrogen) atoms. The van der Waals surface area contributed by atoms with Gasteiger partial charge in [0.05, 0.1) is 12.2 Å². The highest BCUT2D eigenvalue weighted by atomic mass is 16.5. The first-order valence-corrected chi connectivity index (χ1v) is 6.66. The van der Waals surface area contributed by atoms with Gasteiger partial charge >= 0.3 is 0 Å². The molecule has 0 spiro atoms. The fraction of sp³-hybridized carbons (Fsp3) is 0.467. The molecule has 0 aliphatic heterocycles. The van der Waals surface area contributed by atoms with Gasteiger partial charge in [0.1, 0.15) is 6.54 Å². The van der Waals surface area contributed by atoms with E-state index in [0.717, 1.165) is 31.2 Å². The van der Waals surface area contributed by atoms with Gasteiger partial charge in [0.15, 0.2) is 6.10 Å². The van der Waals surface area contributed by atoms with Crippen molar-refractivity contribution < 1.29 is 9.53 Å². The standard InChI is InChI=1S/C15H18N2O2/c16-10-11-17-15(18)14(12-6-2-1-3-7-12)19-13-8-4-5-9-13/h1-3,6-7,13-14H,4-5,8-9,11H2,(H,17,18)/t14-/m0/s1. The van der Waals surface area contributed by atoms with Crippen molar-refractivity contribution in [3.63, 3.8) is 0 Å². The first-order chi connectivity index (χ1) is 9.31. The topological polar surface area (TPSA) is 62.1 Å². The average Bonchev–Trinajstić information content (AvgIpc) is 2.96. The molecule has 1 aliphatic rings. The lowest BCUT2D eigenvalue weighted by molar-refractivity contribution is -0.136. The Hall–Kier alpha value is -1.86. The fourth-order valence-corrected chi connectivity index (χ4v) is 2.36. The molecule has 1 fully saturated rings. The van der Waals surface area contributed by atoms with Gasteiger partial charge in [0, 0.05) is 0 Å². The van der Waals surface area contributed by atoms with E-state index >= 15 is 0 Å². The molecule has 0 aromatic heterocycles. The van der Waals surface area contributed by atoms with Crippen LogP contribution in [0.5, 0.6) is 0 Å². The van der Waals surface area contributed by atoms with Crippen LogP contribution in [0.2, 0.25) is 0 Å². The lowest BCUT2D eigenvalue weighted by Gasteiger charge is -2.21. The fourth-order valence-electron chi connectivity index (χ4n) is 2.36. The quantitative estimate of drug-likeness (QED) is 0.824. The number of amides is 1. The Bertz CT molecular complexity index is 447. The van der Waals surface area contributed by atoms with Crippen molar-refractivity contribution >= 4 is 5.91 Å². The second-order valence-electron chi connectivity index (χ2n) is 4.71. The Kier molecular flexibility index (Phi) is 4.93. The Labute approximate surface area is 113 Å². The average molecular weight is 258 g/mol. The molecule has 2 rings (SSSR count). The molecule has 1 N–H and O–H groups in total. The maximum Gasteiger partial charge on any atom is 0.254 e. The van der Waals surface area contributed by atoms with Crippen LogP contribution in [0.25, 0.3) is 0 Å². The minimum atomic E-state index is -0.613. The maximum absolute atomic E-state index is 12.1. The summed E-state index contributed by atoms with van der Waals surface area (Å²) in [6, 6.07) is 11.4. The Morgan fingerprint density at radius 3 is 2.68 bits per heavy atom. The van der Waals surface area contributed by atoms with E-state index in [1.807, 2.05) is 36.4 Å². The first kappa shape index (κ1) is 13.6. The largest absolute Gasteiger partial charge is 0.360 e. The van der Waals surface area contributed by atoms with Crippen molar-refractivity contribution in [1.29, 1.82) is 5.26 Å². The number of benzene rings is 1. The summed E-state index contributed by atoms with van der Waals surface area (Å²) in [5.41, 5.74) is 0.838. The Morgan fingerprint density at radius 1 is 1.37 bits per heavy atom. The molecular formula is C15H18N2O2. The predicted molar refractivity (Wildman–Crippen MR) is 71.1 cm³/mol. The van der Waals surface area contributed by atoms with E-state index < -0.39 is 6.10 Å². The number of nitriles is 1. The zero-order chi connectivity index (χ0) is 13.5. The minimum Gasteiger partial charge on any atom is -0.360 e. The summed E-state index contributed by atoms with van der Waals surface area (Å²) in [6.45, 7) is 0.0101. The Morgan fingerprint density at radius 2 is 2.05 bits per heavy atom. The normalized spacial score (nSPS) is 16.8. The van der Waals surface area contributed by atoms with Crippen LogP contribution in [0.3, 0.4) is 0 Å². The van der Waals surface area contributed by atoms with E-state index in [0.29, 0.717) is 0 Å². The smallest absolute Gasteiger partial charge is 0.254 e. The predicted octanol–water partition coefficient (Wildman–Crippen LogP) is 2.33. The summed E-state index contributed by atoms with van der Waals surface area (Å²) in [5, 5.41) is 11.1. The Balaban J connectivity index is 2.08. The second kappa shape index (κ2) is 6.91. The summed E-state index contributed by atoms with van der Waals surface area (Å²) in [6.07, 6.45) is 3.87. The van der Waals surface area contributed by atoms with E-state index in [1.54, 1.807) is 0 Å². The van der Waals surface area contributed by atoms with E-state index in [9.17, 15) is 4.79 Å². The molecule has 1 amide bonds. The van der Waals surface area contributed by atoms with Crippen molar-refractivity contribution in [2.24, 2.45) is 0 Å². The molecular weight excluding hydrogens is 240 g/mol. The second-order valence-corrected chi connectivity index (χ2v) is 4.71. The number of hydrogen-bond acceptors (Lipinski definition) is 3. The van der Waals surface area contributed by atoms with Gasteiger partial charge in [-0.2, -0.15) is 5.26 Å². The third kappa shape index (κ3) is 3.80. The van der Waals surface area contributed by atoms with Gasteiger partial charge in [-0.3, -0.25) is 4.79 Å². The van der Waals surface area contributed by atoms with Crippen molar-refractivity contribution in [2.75, 3.05) is 6.54 Å². The molecule has 1 aliphatic carbocycles. The monoisotopic (exact) mass is 258 g/mol. The third-order valence-electron chi connectivity index (χ3n) is 3.31. The van der Waals surface area contributed by atoms with Crippen LogP contribution in [0.4, 0.5) is 0 Å². The van der Waals surface area contributed by atoms with Crippen LogP contribution in [0, 0.1) is 11.3 Å². The van der Waals surface area contributed by atoms with Crippen LogP contribution in [0.1, 0.15) is 37.4 Å². The number of ether oxygens (including phenoxy) is 1. The van der Waals surface area contributed by atoms with Gasteiger partial charge in [-0.05, 0) is 18.4 Å². The zero-order valence-electron chi connectivity index (χ0n) is 10.8. The van der Waals surface area contributed by atoms with Crippen LogP contribution in [0.15, 0.2) is 30.3 Å². The molecule has 1 aromatic carbocycles. The van der Waals surface area contributed by atoms with Crippen molar-refractivity contribution in [1.82, 2.24) is 5.32 Å². The van der Waals surface area contributed by atoms with Gasteiger partial charge < -0.3 is 10.1 Å². The molecule has 1 saturated carbocycles. The molecule has 0 bridgehead atoms. The van der Waals surface area contributed by atoms with E-state index in [4.69, 9.17) is 10.00 Å². The van der Waals surface area contributed by atoms with Crippen LogP contribution < -0.4 is 5.32 Å². The van der Waals surface area contributed by atoms with Gasteiger partial charge in [0.25, 0.3) is 5.91 Å². The molecule has 4 heteroatoms. The molecule has 0 saturated heterocycles. The molecule has 0 unspecified atom stereocenters. The summed E-state index contributed by atoms with van der Waals surface area (Å²) in [5.74, 6) is -0.236. The number of carbonyl (C=O) groups excluding carboxylic acids is 1. The maximum atomic E-state index is 12.1. The number of carbonyl (C=O) groups is 1. The molecule has 1 atom stereocenters. The van der Waals surface area contributed by atoms with Gasteiger partial charge in [-0.25, -0.2) is 0 Å². The van der Waals surface area contributed by atoms with Crippen LogP contribution in [-0.4, -0.2) is 18.6 Å². The summed E-state index contributed by atoms with van der Waals surface area (Å²) >= 11 is 0. The van der Waals surface area contributed by atoms with Crippen molar-refractivity contribution in [2.45, 2.75) is 37.9 Å². The van der Waals surface area contributed by atoms with Crippen LogP contribution >= 0.6 is 0 Å². The number of nitrogens with zero attached hydrogens (tertiary/aromatic N) is 1. The highest BCUT2D eigenvalue weighted by Gasteiger charge is 2.26. The third-order valence-corrected chi connectivity index (χ3v) is 3.31. The lowest BCUT2D eigenvalue weighted by atomic mass is 10.1. The summed E-state index contributed by atoms with van der Waals surface area (Å²) in [4.78, 5) is 12.1. The molecule has 0 radical (unpaired) electrons. The zero-order valence-corrected chi connectivity index (χ0v) is 10.8. The van der Waals surface area contributed by atoms with E-state index in [1.165, 1.54) is 0 Å². The van der Waals surface area contributed by atoms with Gasteiger partial charge in [0.2, 0.25) is 0 Å². The highest BCUT2D eigenvalue weighted by molar-refractivity contribution is 5.82. The highest BCUT2D eigenvalue weighted by Crippen LogP contribution is 2.27. The van der Waals surface area contributed by atoms with E-state index in [-0.39, 0.29) is 18.6 Å². The minimum absolute atomic E-state index is 0.0101. The van der Waals surface area contributed by atoms with Crippen LogP contribution in [-0.2, 0) is 9.53 Å². The molecule has 1 aromatic rings. The summed E-state index contributed by atoms with van der Waals surface area (Å²) in [7, 11) is 0. The molecule has 0 heterocycles. The van der Waals surface area contributed by atoms with Gasteiger partial charge in [-0.15, -0.1) is 0 Å². The summed E-state index contributed by atoms with van der Waals surface area (Å²) < 4.78 is 5.93. The van der Waals surface area contributed by atoms with E-state index in [2.05, 4.69) is 5.32 Å². The lowest BCUT2D eigenvalue weighted by Crippen LogP contribution is -2.32. The SMILES string of the molecule is N#CCNC(=O)[C@@H](OC1CCCC1)c1ccccc1. The number of hydrogen-bond donors (Lipinski definition) is 1. The van der Waals surface area contributed by atoms with Gasteiger partial charge in [-0.1, -0.05) is 43.2 Å². The van der Waals surface area contributed by atoms with Crippen molar-refractivity contribution in [3.05, 3.63) is 35.9 Å². The number of rotatable bonds is 5. The first-order valence-electron chi connectivity index (χ1n) is 6.66.